The molecule has 0 saturated carbocycles. The Morgan fingerprint density at radius 2 is 2.00 bits per heavy atom. The van der Waals surface area contributed by atoms with Crippen molar-refractivity contribution in [3.63, 3.8) is 0 Å². The van der Waals surface area contributed by atoms with E-state index in [4.69, 9.17) is 9.15 Å². The summed E-state index contributed by atoms with van der Waals surface area (Å²) in [6.07, 6.45) is 0.658. The van der Waals surface area contributed by atoms with Gasteiger partial charge < -0.3 is 14.1 Å². The fraction of sp³-hybridized carbons (Fsp3) is 0.444. The first kappa shape index (κ1) is 15.6. The molecule has 3 rings (SSSR count). The smallest absolute Gasteiger partial charge is 0.341 e. The third-order valence-corrected chi connectivity index (χ3v) is 4.24. The molecule has 0 aliphatic carbocycles. The number of carbonyl (C=O) groups excluding carboxylic acids is 1. The zero-order valence-electron chi connectivity index (χ0n) is 13.9. The number of hydrogen-bond donors (Lipinski definition) is 0. The number of rotatable bonds is 1. The lowest BCUT2D eigenvalue weighted by Crippen LogP contribution is -2.43. The Kier molecular flexibility index (Phi) is 3.66. The van der Waals surface area contributed by atoms with Crippen molar-refractivity contribution < 1.29 is 13.9 Å². The summed E-state index contributed by atoms with van der Waals surface area (Å²) in [6.45, 7) is 6.60. The minimum atomic E-state index is -0.456. The van der Waals surface area contributed by atoms with Crippen LogP contribution in [-0.4, -0.2) is 24.5 Å². The second-order valence-electron chi connectivity index (χ2n) is 6.94. The number of methoxy groups -OCH3 is 1. The molecule has 0 saturated heterocycles. The molecular weight excluding hydrogens is 294 g/mol. The van der Waals surface area contributed by atoms with Gasteiger partial charge in [0.05, 0.1) is 19.2 Å². The molecular formula is C18H21NO4. The van der Waals surface area contributed by atoms with Crippen LogP contribution in [0.3, 0.4) is 0 Å². The van der Waals surface area contributed by atoms with Crippen molar-refractivity contribution >= 4 is 16.9 Å². The second-order valence-corrected chi connectivity index (χ2v) is 6.94. The lowest BCUT2D eigenvalue weighted by molar-refractivity contribution is -0.140. The third kappa shape index (κ3) is 2.71. The largest absolute Gasteiger partial charge is 0.497 e. The van der Waals surface area contributed by atoms with Gasteiger partial charge in [-0.3, -0.25) is 4.79 Å². The molecule has 5 heteroatoms. The summed E-state index contributed by atoms with van der Waals surface area (Å²) in [7, 11) is 1.58. The van der Waals surface area contributed by atoms with Gasteiger partial charge >= 0.3 is 5.63 Å². The van der Waals surface area contributed by atoms with E-state index in [1.807, 2.05) is 32.9 Å². The molecule has 122 valence electrons. The highest BCUT2D eigenvalue weighted by atomic mass is 16.5. The van der Waals surface area contributed by atoms with E-state index in [2.05, 4.69) is 0 Å². The van der Waals surface area contributed by atoms with Gasteiger partial charge in [0.25, 0.3) is 0 Å². The maximum Gasteiger partial charge on any atom is 0.341 e. The lowest BCUT2D eigenvalue weighted by Gasteiger charge is -2.33. The van der Waals surface area contributed by atoms with Gasteiger partial charge in [-0.15, -0.1) is 0 Å². The number of amides is 1. The molecule has 1 amide bonds. The minimum absolute atomic E-state index is 0.0531. The Morgan fingerprint density at radius 1 is 1.26 bits per heavy atom. The minimum Gasteiger partial charge on any atom is -0.497 e. The monoisotopic (exact) mass is 315 g/mol. The molecule has 0 N–H and O–H groups in total. The van der Waals surface area contributed by atoms with Crippen LogP contribution in [0.25, 0.3) is 11.0 Å². The van der Waals surface area contributed by atoms with Gasteiger partial charge in [-0.25, -0.2) is 4.79 Å². The maximum atomic E-state index is 12.5. The van der Waals surface area contributed by atoms with E-state index < -0.39 is 5.41 Å². The van der Waals surface area contributed by atoms with Crippen molar-refractivity contribution in [2.24, 2.45) is 5.41 Å². The van der Waals surface area contributed by atoms with E-state index in [9.17, 15) is 9.59 Å². The average molecular weight is 315 g/mol. The molecule has 0 fully saturated rings. The summed E-state index contributed by atoms with van der Waals surface area (Å²) in [5, 5.41) is 0.920. The highest BCUT2D eigenvalue weighted by Gasteiger charge is 2.31. The average Bonchev–Trinajstić information content (AvgIpc) is 2.52. The zero-order valence-corrected chi connectivity index (χ0v) is 13.9. The first-order valence-corrected chi connectivity index (χ1v) is 7.73. The summed E-state index contributed by atoms with van der Waals surface area (Å²) in [5.41, 5.74) is 1.28. The van der Waals surface area contributed by atoms with Crippen LogP contribution in [0.5, 0.6) is 5.75 Å². The van der Waals surface area contributed by atoms with E-state index >= 15 is 0 Å². The molecule has 0 spiro atoms. The van der Waals surface area contributed by atoms with Crippen LogP contribution in [0, 0.1) is 5.41 Å². The first-order chi connectivity index (χ1) is 10.8. The summed E-state index contributed by atoms with van der Waals surface area (Å²) < 4.78 is 10.6. The number of fused-ring (bicyclic) bond motifs is 3. The summed E-state index contributed by atoms with van der Waals surface area (Å²) in [4.78, 5) is 26.6. The molecule has 0 atom stereocenters. The van der Waals surface area contributed by atoms with Gasteiger partial charge in [-0.1, -0.05) is 20.8 Å². The standard InChI is InChI=1S/C18H21NO4/c1-18(2,3)17(21)19-8-7-12-13-6-5-11(22-4)9-15(13)23-16(20)14(12)10-19/h5-6,9H,7-8,10H2,1-4H3. The molecule has 2 heterocycles. The van der Waals surface area contributed by atoms with E-state index in [0.29, 0.717) is 36.4 Å². The van der Waals surface area contributed by atoms with Gasteiger partial charge in [0.1, 0.15) is 11.3 Å². The molecule has 23 heavy (non-hydrogen) atoms. The van der Waals surface area contributed by atoms with E-state index in [1.54, 1.807) is 18.1 Å². The van der Waals surface area contributed by atoms with Gasteiger partial charge in [-0.2, -0.15) is 0 Å². The topological polar surface area (TPSA) is 59.8 Å². The van der Waals surface area contributed by atoms with Crippen LogP contribution in [0.15, 0.2) is 27.4 Å². The predicted molar refractivity (Wildman–Crippen MR) is 87.6 cm³/mol. The van der Waals surface area contributed by atoms with Gasteiger partial charge in [0, 0.05) is 23.4 Å². The van der Waals surface area contributed by atoms with E-state index in [1.165, 1.54) is 0 Å². The number of benzene rings is 1. The number of carbonyl (C=O) groups is 1. The Labute approximate surface area is 134 Å². The Hall–Kier alpha value is -2.30. The molecule has 5 nitrogen and oxygen atoms in total. The Balaban J connectivity index is 2.06. The molecule has 2 aromatic rings. The molecule has 0 unspecified atom stereocenters. The van der Waals surface area contributed by atoms with E-state index in [-0.39, 0.29) is 11.5 Å². The van der Waals surface area contributed by atoms with Crippen molar-refractivity contribution in [3.8, 4) is 5.75 Å². The Bertz CT molecular complexity index is 829. The fourth-order valence-corrected chi connectivity index (χ4v) is 3.02. The number of hydrogen-bond acceptors (Lipinski definition) is 4. The van der Waals surface area contributed by atoms with Crippen molar-refractivity contribution in [2.45, 2.75) is 33.7 Å². The molecule has 0 radical (unpaired) electrons. The van der Waals surface area contributed by atoms with Gasteiger partial charge in [0.15, 0.2) is 0 Å². The maximum absolute atomic E-state index is 12.5. The fourth-order valence-electron chi connectivity index (χ4n) is 3.02. The van der Waals surface area contributed by atoms with Crippen molar-refractivity contribution in [2.75, 3.05) is 13.7 Å². The van der Waals surface area contributed by atoms with Crippen molar-refractivity contribution in [1.82, 2.24) is 4.90 Å². The van der Waals surface area contributed by atoms with Gasteiger partial charge in [0.2, 0.25) is 5.91 Å². The normalized spacial score (nSPS) is 14.7. The van der Waals surface area contributed by atoms with Crippen LogP contribution in [-0.2, 0) is 17.8 Å². The number of nitrogens with zero attached hydrogens (tertiary/aromatic N) is 1. The van der Waals surface area contributed by atoms with Crippen molar-refractivity contribution in [3.05, 3.63) is 39.7 Å². The first-order valence-electron chi connectivity index (χ1n) is 7.73. The zero-order chi connectivity index (χ0) is 16.8. The molecule has 1 aliphatic heterocycles. The quantitative estimate of drug-likeness (QED) is 0.759. The van der Waals surface area contributed by atoms with Crippen LogP contribution in [0.1, 0.15) is 31.9 Å². The third-order valence-electron chi connectivity index (χ3n) is 4.24. The van der Waals surface area contributed by atoms with Crippen LogP contribution in [0.4, 0.5) is 0 Å². The van der Waals surface area contributed by atoms with E-state index in [0.717, 1.165) is 10.9 Å². The summed E-state index contributed by atoms with van der Waals surface area (Å²) in [6, 6.07) is 5.50. The second kappa shape index (κ2) is 5.41. The highest BCUT2D eigenvalue weighted by Crippen LogP contribution is 2.29. The van der Waals surface area contributed by atoms with Crippen LogP contribution < -0.4 is 10.4 Å². The number of ether oxygens (including phenoxy) is 1. The Morgan fingerprint density at radius 3 is 2.65 bits per heavy atom. The highest BCUT2D eigenvalue weighted by molar-refractivity contribution is 5.85. The summed E-state index contributed by atoms with van der Waals surface area (Å²) >= 11 is 0. The molecule has 1 aromatic carbocycles. The molecule has 0 bridgehead atoms. The van der Waals surface area contributed by atoms with Crippen molar-refractivity contribution in [1.29, 1.82) is 0 Å². The lowest BCUT2D eigenvalue weighted by atomic mass is 9.91. The molecule has 1 aliphatic rings. The molecule has 1 aromatic heterocycles. The van der Waals surface area contributed by atoms with Crippen LogP contribution >= 0.6 is 0 Å². The SMILES string of the molecule is COc1ccc2c3c(c(=O)oc2c1)CN(C(=O)C(C)(C)C)CC3. The van der Waals surface area contributed by atoms with Gasteiger partial charge in [-0.05, 0) is 24.1 Å². The predicted octanol–water partition coefficient (Wildman–Crippen LogP) is 2.73. The summed E-state index contributed by atoms with van der Waals surface area (Å²) in [5.74, 6) is 0.707. The van der Waals surface area contributed by atoms with Crippen LogP contribution in [0.2, 0.25) is 0 Å².